The van der Waals surface area contributed by atoms with Gasteiger partial charge in [0.1, 0.15) is 11.6 Å². The van der Waals surface area contributed by atoms with Crippen LogP contribution in [-0.2, 0) is 11.2 Å². The number of halogens is 2. The molecule has 0 bridgehead atoms. The molecule has 92 valence electrons. The molecule has 2 rings (SSSR count). The fraction of sp³-hybridized carbons (Fsp3) is 0.333. The Labute approximate surface area is 104 Å². The van der Waals surface area contributed by atoms with E-state index < -0.39 is 0 Å². The topological polar surface area (TPSA) is 47.3 Å². The van der Waals surface area contributed by atoms with Crippen LogP contribution in [0.2, 0.25) is 5.02 Å². The molecular weight excluding hydrogens is 243 g/mol. The molecule has 1 aromatic carbocycles. The molecule has 0 fully saturated rings. The molecule has 0 spiro atoms. The van der Waals surface area contributed by atoms with Gasteiger partial charge in [0.15, 0.2) is 0 Å². The molecule has 0 saturated carbocycles. The summed E-state index contributed by atoms with van der Waals surface area (Å²) in [6.07, 6.45) is 3.19. The Hall–Kier alpha value is -1.10. The van der Waals surface area contributed by atoms with Crippen molar-refractivity contribution >= 4 is 11.6 Å². The second-order valence-corrected chi connectivity index (χ2v) is 4.27. The standard InChI is InChI=1S/C12H14ClFN2O/c13-9-3-1-4-10(14)8(9)7-11(16-15)12-5-2-6-17-12/h1,3-5,11,16H,2,6-7,15H2. The maximum atomic E-state index is 13.6. The van der Waals surface area contributed by atoms with Crippen LogP contribution in [0.4, 0.5) is 4.39 Å². The Kier molecular flexibility index (Phi) is 3.99. The molecule has 5 heteroatoms. The molecule has 1 aliphatic heterocycles. The average molecular weight is 257 g/mol. The van der Waals surface area contributed by atoms with E-state index >= 15 is 0 Å². The smallest absolute Gasteiger partial charge is 0.127 e. The first-order valence-electron chi connectivity index (χ1n) is 5.44. The van der Waals surface area contributed by atoms with Gasteiger partial charge in [0.2, 0.25) is 0 Å². The molecule has 0 aromatic heterocycles. The molecule has 1 unspecified atom stereocenters. The molecule has 1 aliphatic rings. The zero-order chi connectivity index (χ0) is 12.3. The monoisotopic (exact) mass is 256 g/mol. The highest BCUT2D eigenvalue weighted by molar-refractivity contribution is 6.31. The van der Waals surface area contributed by atoms with Crippen LogP contribution in [0.5, 0.6) is 0 Å². The minimum atomic E-state index is -0.323. The number of hydrogen-bond acceptors (Lipinski definition) is 3. The van der Waals surface area contributed by atoms with E-state index in [0.29, 0.717) is 23.6 Å². The number of rotatable bonds is 4. The number of nitrogens with two attached hydrogens (primary N) is 1. The van der Waals surface area contributed by atoms with E-state index in [1.807, 2.05) is 6.08 Å². The summed E-state index contributed by atoms with van der Waals surface area (Å²) >= 11 is 5.97. The number of nitrogens with one attached hydrogen (secondary N) is 1. The van der Waals surface area contributed by atoms with Crippen LogP contribution in [0.25, 0.3) is 0 Å². The summed E-state index contributed by atoms with van der Waals surface area (Å²) in [6, 6.07) is 4.39. The molecule has 0 saturated heterocycles. The van der Waals surface area contributed by atoms with Crippen LogP contribution < -0.4 is 11.3 Å². The molecule has 1 atom stereocenters. The minimum absolute atomic E-state index is 0.244. The van der Waals surface area contributed by atoms with E-state index in [1.165, 1.54) is 6.07 Å². The molecular formula is C12H14ClFN2O. The van der Waals surface area contributed by atoms with Crippen molar-refractivity contribution in [3.05, 3.63) is 46.4 Å². The Morgan fingerprint density at radius 2 is 2.35 bits per heavy atom. The summed E-state index contributed by atoms with van der Waals surface area (Å²) in [5.74, 6) is 5.90. The predicted molar refractivity (Wildman–Crippen MR) is 64.9 cm³/mol. The summed E-state index contributed by atoms with van der Waals surface area (Å²) < 4.78 is 19.0. The van der Waals surface area contributed by atoms with E-state index in [2.05, 4.69) is 5.43 Å². The Morgan fingerprint density at radius 1 is 1.53 bits per heavy atom. The molecule has 3 nitrogen and oxygen atoms in total. The molecule has 0 radical (unpaired) electrons. The Balaban J connectivity index is 2.18. The zero-order valence-corrected chi connectivity index (χ0v) is 10.0. The maximum Gasteiger partial charge on any atom is 0.127 e. The van der Waals surface area contributed by atoms with Crippen LogP contribution in [0.1, 0.15) is 12.0 Å². The van der Waals surface area contributed by atoms with Gasteiger partial charge in [-0.3, -0.25) is 5.84 Å². The maximum absolute atomic E-state index is 13.6. The molecule has 1 heterocycles. The fourth-order valence-corrected chi connectivity index (χ4v) is 2.09. The van der Waals surface area contributed by atoms with Crippen molar-refractivity contribution in [3.8, 4) is 0 Å². The second-order valence-electron chi connectivity index (χ2n) is 3.87. The van der Waals surface area contributed by atoms with E-state index in [-0.39, 0.29) is 11.9 Å². The lowest BCUT2D eigenvalue weighted by Gasteiger charge is -2.18. The predicted octanol–water partition coefficient (Wildman–Crippen LogP) is 2.16. The van der Waals surface area contributed by atoms with Crippen molar-refractivity contribution in [1.82, 2.24) is 5.43 Å². The number of hydrogen-bond donors (Lipinski definition) is 2. The van der Waals surface area contributed by atoms with Crippen LogP contribution in [-0.4, -0.2) is 12.6 Å². The number of ether oxygens (including phenoxy) is 1. The minimum Gasteiger partial charge on any atom is -0.496 e. The fourth-order valence-electron chi connectivity index (χ4n) is 1.85. The van der Waals surface area contributed by atoms with Gasteiger partial charge >= 0.3 is 0 Å². The van der Waals surface area contributed by atoms with Crippen LogP contribution in [0.15, 0.2) is 30.0 Å². The first-order valence-corrected chi connectivity index (χ1v) is 5.82. The third kappa shape index (κ3) is 2.77. The average Bonchev–Trinajstić information content (AvgIpc) is 2.82. The third-order valence-electron chi connectivity index (χ3n) is 2.75. The highest BCUT2D eigenvalue weighted by Crippen LogP contribution is 2.23. The van der Waals surface area contributed by atoms with Gasteiger partial charge in [-0.25, -0.2) is 9.82 Å². The van der Waals surface area contributed by atoms with Gasteiger partial charge in [0.05, 0.1) is 12.6 Å². The first kappa shape index (κ1) is 12.4. The largest absolute Gasteiger partial charge is 0.496 e. The van der Waals surface area contributed by atoms with Gasteiger partial charge in [-0.1, -0.05) is 17.7 Å². The lowest BCUT2D eigenvalue weighted by molar-refractivity contribution is 0.214. The Morgan fingerprint density at radius 3 is 2.94 bits per heavy atom. The highest BCUT2D eigenvalue weighted by Gasteiger charge is 2.20. The molecule has 17 heavy (non-hydrogen) atoms. The number of hydrazine groups is 1. The van der Waals surface area contributed by atoms with Gasteiger partial charge in [-0.2, -0.15) is 0 Å². The zero-order valence-electron chi connectivity index (χ0n) is 9.25. The van der Waals surface area contributed by atoms with Gasteiger partial charge in [-0.15, -0.1) is 0 Å². The van der Waals surface area contributed by atoms with Crippen molar-refractivity contribution in [2.24, 2.45) is 5.84 Å². The van der Waals surface area contributed by atoms with Crippen LogP contribution >= 0.6 is 11.6 Å². The normalized spacial score (nSPS) is 16.5. The summed E-state index contributed by atoms with van der Waals surface area (Å²) in [5.41, 5.74) is 3.08. The number of benzene rings is 1. The van der Waals surface area contributed by atoms with Crippen molar-refractivity contribution < 1.29 is 9.13 Å². The van der Waals surface area contributed by atoms with Gasteiger partial charge in [0.25, 0.3) is 0 Å². The van der Waals surface area contributed by atoms with Crippen molar-refractivity contribution in [1.29, 1.82) is 0 Å². The molecule has 3 N–H and O–H groups in total. The SMILES string of the molecule is NNC(Cc1c(F)cccc1Cl)C1=CCCO1. The third-order valence-corrected chi connectivity index (χ3v) is 3.10. The van der Waals surface area contributed by atoms with E-state index in [4.69, 9.17) is 22.2 Å². The van der Waals surface area contributed by atoms with Gasteiger partial charge in [0, 0.05) is 23.4 Å². The molecule has 0 aliphatic carbocycles. The lowest BCUT2D eigenvalue weighted by atomic mass is 10.0. The van der Waals surface area contributed by atoms with Gasteiger partial charge < -0.3 is 4.74 Å². The van der Waals surface area contributed by atoms with Crippen LogP contribution in [0, 0.1) is 5.82 Å². The summed E-state index contributed by atoms with van der Waals surface area (Å²) in [6.45, 7) is 0.651. The lowest BCUT2D eigenvalue weighted by Crippen LogP contribution is -2.38. The van der Waals surface area contributed by atoms with E-state index in [1.54, 1.807) is 12.1 Å². The molecule has 0 amide bonds. The van der Waals surface area contributed by atoms with Crippen molar-refractivity contribution in [3.63, 3.8) is 0 Å². The highest BCUT2D eigenvalue weighted by atomic mass is 35.5. The summed E-state index contributed by atoms with van der Waals surface area (Å²) in [5, 5.41) is 0.406. The first-order chi connectivity index (χ1) is 8.22. The summed E-state index contributed by atoms with van der Waals surface area (Å²) in [4.78, 5) is 0. The second kappa shape index (κ2) is 5.49. The summed E-state index contributed by atoms with van der Waals surface area (Å²) in [7, 11) is 0. The van der Waals surface area contributed by atoms with Crippen molar-refractivity contribution in [2.75, 3.05) is 6.61 Å². The Bertz CT molecular complexity index is 416. The van der Waals surface area contributed by atoms with Gasteiger partial charge in [-0.05, 0) is 18.2 Å². The van der Waals surface area contributed by atoms with Crippen LogP contribution in [0.3, 0.4) is 0 Å². The van der Waals surface area contributed by atoms with Crippen molar-refractivity contribution in [2.45, 2.75) is 18.9 Å². The molecule has 1 aromatic rings. The van der Waals surface area contributed by atoms with E-state index in [9.17, 15) is 4.39 Å². The van der Waals surface area contributed by atoms with E-state index in [0.717, 1.165) is 12.2 Å². The quantitative estimate of drug-likeness (QED) is 0.641.